The van der Waals surface area contributed by atoms with Crippen molar-refractivity contribution in [2.45, 2.75) is 102 Å². The van der Waals surface area contributed by atoms with E-state index in [-0.39, 0.29) is 0 Å². The number of fused-ring (bicyclic) bond motifs is 7. The molecule has 7 aromatic heterocycles. The molecule has 0 atom stereocenters. The molecule has 7 aromatic carbocycles. The van der Waals surface area contributed by atoms with Crippen LogP contribution in [0, 0.1) is 90.0 Å². The summed E-state index contributed by atoms with van der Waals surface area (Å²) in [5, 5.41) is 23.5. The Kier molecular flexibility index (Phi) is 21.4. The third kappa shape index (κ3) is 15.6. The Hall–Kier alpha value is -5.87. The summed E-state index contributed by atoms with van der Waals surface area (Å²) in [5.41, 5.74) is 15.7. The molecule has 0 saturated heterocycles. The van der Waals surface area contributed by atoms with E-state index < -0.39 is 23.5 Å². The summed E-state index contributed by atoms with van der Waals surface area (Å²) in [6.45, 7) is 27.3. The zero-order valence-corrected chi connectivity index (χ0v) is 56.0. The Morgan fingerprint density at radius 3 is 1.33 bits per heavy atom. The minimum absolute atomic E-state index is 0.338. The molecule has 0 bridgehead atoms. The van der Waals surface area contributed by atoms with Crippen LogP contribution in [0.25, 0.3) is 70.6 Å². The van der Waals surface area contributed by atoms with Crippen molar-refractivity contribution in [3.05, 3.63) is 241 Å². The third-order valence-electron chi connectivity index (χ3n) is 14.5. The molecule has 0 spiro atoms. The van der Waals surface area contributed by atoms with E-state index in [1.807, 2.05) is 69.8 Å². The van der Waals surface area contributed by atoms with E-state index in [4.69, 9.17) is 11.6 Å². The number of rotatable bonds is 0. The Balaban J connectivity index is 0.000000129. The summed E-state index contributed by atoms with van der Waals surface area (Å²) in [6.07, 6.45) is -8.51. The predicted octanol–water partition coefficient (Wildman–Crippen LogP) is 27.0. The van der Waals surface area contributed by atoms with Gasteiger partial charge >= 0.3 is 12.4 Å². The quantitative estimate of drug-likeness (QED) is 0.133. The monoisotopic (exact) mass is 1290 g/mol. The molecule has 0 nitrogen and oxygen atoms in total. The molecule has 14 aromatic rings. The number of hydrogen-bond donors (Lipinski definition) is 0. The van der Waals surface area contributed by atoms with Gasteiger partial charge in [0.2, 0.25) is 0 Å². The summed E-state index contributed by atoms with van der Waals surface area (Å²) >= 11 is 17.9. The highest BCUT2D eigenvalue weighted by Crippen LogP contribution is 2.40. The van der Waals surface area contributed by atoms with Crippen molar-refractivity contribution in [2.24, 2.45) is 0 Å². The minimum atomic E-state index is -4.26. The molecule has 7 heterocycles. The first-order valence-electron chi connectivity index (χ1n) is 27.2. The van der Waals surface area contributed by atoms with Crippen LogP contribution in [0.1, 0.15) is 83.5 Å². The van der Waals surface area contributed by atoms with E-state index in [0.29, 0.717) is 21.0 Å². The first-order chi connectivity index (χ1) is 40.2. The largest absolute Gasteiger partial charge is 0.417 e. The number of aryl methyl sites for hydroxylation is 13. The van der Waals surface area contributed by atoms with Gasteiger partial charge in [-0.3, -0.25) is 0 Å². The zero-order valence-electron chi connectivity index (χ0n) is 49.5. The van der Waals surface area contributed by atoms with Gasteiger partial charge in [0.25, 0.3) is 0 Å². The van der Waals surface area contributed by atoms with E-state index in [0.717, 1.165) is 27.4 Å². The molecule has 14 heteroatoms. The first-order valence-corrected chi connectivity index (χ1v) is 33.7. The lowest BCUT2D eigenvalue weighted by Crippen LogP contribution is -2.05. The molecule has 440 valence electrons. The molecule has 0 aliphatic heterocycles. The Bertz CT molecular complexity index is 4510. The fourth-order valence-electron chi connectivity index (χ4n) is 10.1. The molecular formula is C71H65ClF6S7. The van der Waals surface area contributed by atoms with Crippen molar-refractivity contribution in [3.8, 4) is 0 Å². The van der Waals surface area contributed by atoms with E-state index in [9.17, 15) is 26.3 Å². The van der Waals surface area contributed by atoms with Crippen LogP contribution in [0.4, 0.5) is 26.3 Å². The van der Waals surface area contributed by atoms with Gasteiger partial charge in [-0.05, 0) is 294 Å². The van der Waals surface area contributed by atoms with E-state index >= 15 is 0 Å². The minimum Gasteiger partial charge on any atom is -0.166 e. The molecule has 0 amide bonds. The van der Waals surface area contributed by atoms with Crippen molar-refractivity contribution >= 4 is 162 Å². The normalized spacial score (nSPS) is 11.3. The number of alkyl halides is 6. The second kappa shape index (κ2) is 27.9. The molecule has 0 saturated carbocycles. The highest BCUT2D eigenvalue weighted by atomic mass is 35.5. The van der Waals surface area contributed by atoms with Crippen LogP contribution in [-0.2, 0) is 12.4 Å². The van der Waals surface area contributed by atoms with E-state index in [2.05, 4.69) is 170 Å². The maximum absolute atomic E-state index is 12.6. The fourth-order valence-corrected chi connectivity index (χ4v) is 17.5. The van der Waals surface area contributed by atoms with Crippen molar-refractivity contribution in [3.63, 3.8) is 0 Å². The lowest BCUT2D eigenvalue weighted by molar-refractivity contribution is -0.137. The molecular weight excluding hydrogens is 1230 g/mol. The van der Waals surface area contributed by atoms with Crippen LogP contribution in [0.15, 0.2) is 153 Å². The highest BCUT2D eigenvalue weighted by molar-refractivity contribution is 7.19. The molecule has 0 aliphatic rings. The Labute approximate surface area is 527 Å². The standard InChI is InChI=1S/2C11H12S.2C10H7F3S.2C10H10S.C9H7ClS/c1-7-4-8(2)11-9(3)6-12-10(11)5-7;1-7-4-5-10-11(9(7)3)8(2)6-12-10;1-6-5-14-9-3-2-7(4-8(6)9)10(11,12)13;1-6-5-14-8-4-2-3-7(9(6)8)10(11,12)13;1-7-3-4-9-8(2)6-11-10(9)5-7;1-7-4-3-5-9-10(7)8(2)6-11-9;1-6-5-11-8-4-2-3-7(10)9(6)8/h2*4-6H,1-3H3;2*2-5H,1H3;2*3-6H,1-2H3;2-5H,1H3. The Morgan fingerprint density at radius 1 is 0.294 bits per heavy atom. The average molecular weight is 1290 g/mol. The zero-order chi connectivity index (χ0) is 61.7. The molecule has 0 radical (unpaired) electrons. The SMILES string of the molecule is Cc1cc(C)c2c(C)csc2c1.Cc1ccc2c(C)csc2c1.Cc1ccc2scc(C)c2c1C.Cc1cccc2scc(C)c12.Cc1csc2ccc(C(F)(F)F)cc12.Cc1csc2cccc(C(F)(F)F)c12.Cc1csc2cccc(Cl)c12. The molecule has 0 N–H and O–H groups in total. The topological polar surface area (TPSA) is 0 Å². The van der Waals surface area contributed by atoms with Gasteiger partial charge in [-0.2, -0.15) is 26.3 Å². The second-order valence-corrected chi connectivity index (χ2v) is 28.0. The van der Waals surface area contributed by atoms with Gasteiger partial charge in [-0.1, -0.05) is 60.1 Å². The summed E-state index contributed by atoms with van der Waals surface area (Å²) in [6, 6.07) is 36.2. The van der Waals surface area contributed by atoms with Crippen LogP contribution < -0.4 is 0 Å². The van der Waals surface area contributed by atoms with Crippen LogP contribution in [-0.4, -0.2) is 0 Å². The van der Waals surface area contributed by atoms with Gasteiger partial charge in [-0.15, -0.1) is 79.4 Å². The summed E-state index contributed by atoms with van der Waals surface area (Å²) in [5.74, 6) is 0. The summed E-state index contributed by atoms with van der Waals surface area (Å²) in [7, 11) is 0. The molecule has 0 aliphatic carbocycles. The van der Waals surface area contributed by atoms with Gasteiger partial charge < -0.3 is 0 Å². The third-order valence-corrected chi connectivity index (χ3v) is 22.3. The van der Waals surface area contributed by atoms with Gasteiger partial charge in [-0.25, -0.2) is 0 Å². The lowest BCUT2D eigenvalue weighted by atomic mass is 10.0. The molecule has 85 heavy (non-hydrogen) atoms. The molecule has 14 rings (SSSR count). The van der Waals surface area contributed by atoms with Crippen molar-refractivity contribution in [1.29, 1.82) is 0 Å². The van der Waals surface area contributed by atoms with E-state index in [1.165, 1.54) is 153 Å². The number of benzene rings is 7. The van der Waals surface area contributed by atoms with Gasteiger partial charge in [0.05, 0.1) is 11.1 Å². The van der Waals surface area contributed by atoms with Gasteiger partial charge in [0, 0.05) is 48.7 Å². The van der Waals surface area contributed by atoms with Gasteiger partial charge in [0.15, 0.2) is 0 Å². The maximum Gasteiger partial charge on any atom is 0.417 e. The molecule has 0 fully saturated rings. The maximum atomic E-state index is 12.6. The van der Waals surface area contributed by atoms with Crippen LogP contribution in [0.3, 0.4) is 0 Å². The number of halogens is 7. The van der Waals surface area contributed by atoms with Crippen molar-refractivity contribution in [1.82, 2.24) is 0 Å². The summed E-state index contributed by atoms with van der Waals surface area (Å²) < 4.78 is 83.3. The van der Waals surface area contributed by atoms with Crippen molar-refractivity contribution < 1.29 is 26.3 Å². The van der Waals surface area contributed by atoms with Crippen LogP contribution in [0.5, 0.6) is 0 Å². The number of thiophene rings is 7. The predicted molar refractivity (Wildman–Crippen MR) is 369 cm³/mol. The van der Waals surface area contributed by atoms with Gasteiger partial charge in [0.1, 0.15) is 0 Å². The van der Waals surface area contributed by atoms with Crippen molar-refractivity contribution in [2.75, 3.05) is 0 Å². The summed E-state index contributed by atoms with van der Waals surface area (Å²) in [4.78, 5) is 0. The van der Waals surface area contributed by atoms with Crippen LogP contribution >= 0.6 is 91.0 Å². The Morgan fingerprint density at radius 2 is 0.741 bits per heavy atom. The molecule has 0 unspecified atom stereocenters. The first kappa shape index (κ1) is 65.1. The van der Waals surface area contributed by atoms with E-state index in [1.54, 1.807) is 29.7 Å². The smallest absolute Gasteiger partial charge is 0.166 e. The fraction of sp³-hybridized carbons (Fsp3) is 0.211. The lowest BCUT2D eigenvalue weighted by Gasteiger charge is -2.08. The highest BCUT2D eigenvalue weighted by Gasteiger charge is 2.33. The van der Waals surface area contributed by atoms with Crippen LogP contribution in [0.2, 0.25) is 5.02 Å². The number of hydrogen-bond acceptors (Lipinski definition) is 7. The average Bonchev–Trinajstić information content (AvgIpc) is 4.48. The second-order valence-electron chi connectivity index (χ2n) is 21.2.